The SMILES string of the molecule is CCc1c(C(=O)O)ccc(C(F)(Cl)Cl)c1[S@](=O)[C@@H](C)CC. The largest absolute Gasteiger partial charge is 0.478 e. The second kappa shape index (κ2) is 7.07. The van der Waals surface area contributed by atoms with E-state index in [-0.39, 0.29) is 27.7 Å². The summed E-state index contributed by atoms with van der Waals surface area (Å²) in [5.74, 6) is -1.16. The molecule has 1 rings (SSSR count). The third kappa shape index (κ3) is 3.96. The van der Waals surface area contributed by atoms with Gasteiger partial charge in [0.2, 0.25) is 0 Å². The molecule has 1 aromatic rings. The predicted molar refractivity (Wildman–Crippen MR) is 83.4 cm³/mol. The zero-order chi connectivity index (χ0) is 16.4. The third-order valence-corrected chi connectivity index (χ3v) is 5.63. The van der Waals surface area contributed by atoms with E-state index in [2.05, 4.69) is 0 Å². The number of rotatable bonds is 6. The molecule has 0 bridgehead atoms. The average molecular weight is 355 g/mol. The molecule has 0 heterocycles. The van der Waals surface area contributed by atoms with Gasteiger partial charge in [-0.25, -0.2) is 9.18 Å². The van der Waals surface area contributed by atoms with Crippen molar-refractivity contribution in [3.05, 3.63) is 28.8 Å². The third-order valence-electron chi connectivity index (χ3n) is 3.29. The van der Waals surface area contributed by atoms with E-state index in [0.717, 1.165) is 0 Å². The van der Waals surface area contributed by atoms with Crippen LogP contribution in [0.1, 0.15) is 48.7 Å². The Kier molecular flexibility index (Phi) is 6.20. The summed E-state index contributed by atoms with van der Waals surface area (Å²) in [5.41, 5.74) is 0.152. The summed E-state index contributed by atoms with van der Waals surface area (Å²) < 4.78 is 23.9. The maximum Gasteiger partial charge on any atom is 0.336 e. The quantitative estimate of drug-likeness (QED) is 0.769. The molecule has 0 spiro atoms. The van der Waals surface area contributed by atoms with E-state index in [0.29, 0.717) is 12.0 Å². The smallest absolute Gasteiger partial charge is 0.336 e. The van der Waals surface area contributed by atoms with Gasteiger partial charge >= 0.3 is 5.97 Å². The fourth-order valence-electron chi connectivity index (χ4n) is 1.98. The highest BCUT2D eigenvalue weighted by Gasteiger charge is 2.34. The van der Waals surface area contributed by atoms with Gasteiger partial charge in [-0.05, 0) is 24.5 Å². The van der Waals surface area contributed by atoms with Crippen molar-refractivity contribution in [1.82, 2.24) is 0 Å². The van der Waals surface area contributed by atoms with Crippen molar-refractivity contribution in [1.29, 1.82) is 0 Å². The van der Waals surface area contributed by atoms with Crippen LogP contribution in [0.3, 0.4) is 0 Å². The highest BCUT2D eigenvalue weighted by Crippen LogP contribution is 2.41. The summed E-state index contributed by atoms with van der Waals surface area (Å²) in [6.07, 6.45) is 0.882. The van der Waals surface area contributed by atoms with Gasteiger partial charge in [0.05, 0.1) is 21.3 Å². The molecule has 1 aromatic carbocycles. The van der Waals surface area contributed by atoms with Crippen molar-refractivity contribution in [2.75, 3.05) is 0 Å². The first-order chi connectivity index (χ1) is 9.65. The zero-order valence-electron chi connectivity index (χ0n) is 12.0. The van der Waals surface area contributed by atoms with E-state index in [1.807, 2.05) is 6.92 Å². The Labute approximate surface area is 135 Å². The van der Waals surface area contributed by atoms with Gasteiger partial charge in [0.15, 0.2) is 0 Å². The monoisotopic (exact) mass is 354 g/mol. The van der Waals surface area contributed by atoms with Gasteiger partial charge in [-0.2, -0.15) is 0 Å². The molecule has 0 saturated carbocycles. The van der Waals surface area contributed by atoms with E-state index >= 15 is 0 Å². The molecular formula is C14H17Cl2FO3S. The van der Waals surface area contributed by atoms with Crippen LogP contribution >= 0.6 is 23.2 Å². The molecule has 0 unspecified atom stereocenters. The minimum atomic E-state index is -2.72. The first-order valence-corrected chi connectivity index (χ1v) is 8.48. The number of carboxylic acids is 1. The molecule has 0 aliphatic rings. The second-order valence-corrected chi connectivity index (χ2v) is 7.68. The number of alkyl halides is 3. The average Bonchev–Trinajstić information content (AvgIpc) is 2.42. The van der Waals surface area contributed by atoms with Gasteiger partial charge in [0.1, 0.15) is 0 Å². The van der Waals surface area contributed by atoms with E-state index in [4.69, 9.17) is 23.2 Å². The molecule has 7 heteroatoms. The lowest BCUT2D eigenvalue weighted by Crippen LogP contribution is -2.19. The van der Waals surface area contributed by atoms with Crippen molar-refractivity contribution < 1.29 is 18.5 Å². The van der Waals surface area contributed by atoms with Gasteiger partial charge in [-0.1, -0.05) is 50.0 Å². The predicted octanol–water partition coefficient (Wildman–Crippen LogP) is 4.41. The van der Waals surface area contributed by atoms with Crippen molar-refractivity contribution in [3.8, 4) is 0 Å². The van der Waals surface area contributed by atoms with Crippen molar-refractivity contribution in [2.45, 2.75) is 48.3 Å². The maximum atomic E-state index is 14.0. The summed E-state index contributed by atoms with van der Waals surface area (Å²) in [7, 11) is -1.60. The van der Waals surface area contributed by atoms with Crippen molar-refractivity contribution in [3.63, 3.8) is 0 Å². The lowest BCUT2D eigenvalue weighted by Gasteiger charge is -2.21. The highest BCUT2D eigenvalue weighted by molar-refractivity contribution is 7.85. The normalized spacial score (nSPS) is 14.8. The van der Waals surface area contributed by atoms with Gasteiger partial charge in [0, 0.05) is 10.8 Å². The van der Waals surface area contributed by atoms with Crippen LogP contribution < -0.4 is 0 Å². The zero-order valence-corrected chi connectivity index (χ0v) is 14.3. The Hall–Kier alpha value is -0.650. The first kappa shape index (κ1) is 18.4. The summed E-state index contributed by atoms with van der Waals surface area (Å²) in [6, 6.07) is 2.44. The number of aromatic carboxylic acids is 1. The Morgan fingerprint density at radius 3 is 2.38 bits per heavy atom. The van der Waals surface area contributed by atoms with Crippen LogP contribution in [0.2, 0.25) is 0 Å². The molecule has 21 heavy (non-hydrogen) atoms. The summed E-state index contributed by atoms with van der Waals surface area (Å²) in [6.45, 7) is 5.30. The first-order valence-electron chi connectivity index (χ1n) is 6.52. The molecular weight excluding hydrogens is 338 g/mol. The Morgan fingerprint density at radius 2 is 2.00 bits per heavy atom. The van der Waals surface area contributed by atoms with Gasteiger partial charge < -0.3 is 5.11 Å². The number of hydrogen-bond donors (Lipinski definition) is 1. The minimum absolute atomic E-state index is 0.00881. The van der Waals surface area contributed by atoms with Gasteiger partial charge in [-0.15, -0.1) is 0 Å². The molecule has 0 aromatic heterocycles. The maximum absolute atomic E-state index is 14.0. The van der Waals surface area contributed by atoms with E-state index < -0.39 is 21.4 Å². The van der Waals surface area contributed by atoms with Crippen LogP contribution in [0.15, 0.2) is 17.0 Å². The molecule has 118 valence electrons. The van der Waals surface area contributed by atoms with Gasteiger partial charge in [-0.3, -0.25) is 4.21 Å². The molecule has 2 atom stereocenters. The lowest BCUT2D eigenvalue weighted by atomic mass is 10.0. The number of halogens is 3. The molecule has 0 radical (unpaired) electrons. The molecule has 0 saturated heterocycles. The van der Waals surface area contributed by atoms with E-state index in [1.54, 1.807) is 13.8 Å². The minimum Gasteiger partial charge on any atom is -0.478 e. The van der Waals surface area contributed by atoms with Crippen LogP contribution in [0, 0.1) is 0 Å². The van der Waals surface area contributed by atoms with E-state index in [9.17, 15) is 18.5 Å². The highest BCUT2D eigenvalue weighted by atomic mass is 35.5. The fourth-order valence-corrected chi connectivity index (χ4v) is 4.04. The molecule has 0 fully saturated rings. The van der Waals surface area contributed by atoms with Crippen LogP contribution in [-0.2, 0) is 21.8 Å². The Morgan fingerprint density at radius 1 is 1.43 bits per heavy atom. The molecule has 0 aliphatic carbocycles. The van der Waals surface area contributed by atoms with Gasteiger partial charge in [0.25, 0.3) is 4.59 Å². The molecule has 0 aliphatic heterocycles. The van der Waals surface area contributed by atoms with Crippen LogP contribution in [0.25, 0.3) is 0 Å². The number of hydrogen-bond acceptors (Lipinski definition) is 2. The fraction of sp³-hybridized carbons (Fsp3) is 0.500. The Balaban J connectivity index is 3.71. The molecule has 3 nitrogen and oxygen atoms in total. The molecule has 1 N–H and O–H groups in total. The number of carbonyl (C=O) groups is 1. The summed E-state index contributed by atoms with van der Waals surface area (Å²) in [4.78, 5) is 11.4. The number of carboxylic acid groups (broad SMARTS) is 1. The summed E-state index contributed by atoms with van der Waals surface area (Å²) in [5, 5.41) is 8.96. The Bertz CT molecular complexity index is 570. The topological polar surface area (TPSA) is 54.4 Å². The molecule has 0 amide bonds. The van der Waals surface area contributed by atoms with E-state index in [1.165, 1.54) is 12.1 Å². The second-order valence-electron chi connectivity index (χ2n) is 4.64. The standard InChI is InChI=1S/C14H17Cl2FO3S/c1-4-8(3)21(20)12-9(5-2)10(13(18)19)6-7-11(12)14(15,16)17/h6-8H,4-5H2,1-3H3,(H,18,19)/t8-,21+/m0/s1. The lowest BCUT2D eigenvalue weighted by molar-refractivity contribution is 0.0695. The van der Waals surface area contributed by atoms with Crippen molar-refractivity contribution >= 4 is 40.0 Å². The van der Waals surface area contributed by atoms with Crippen LogP contribution in [-0.4, -0.2) is 20.5 Å². The van der Waals surface area contributed by atoms with Crippen LogP contribution in [0.5, 0.6) is 0 Å². The van der Waals surface area contributed by atoms with Crippen LogP contribution in [0.4, 0.5) is 4.39 Å². The van der Waals surface area contributed by atoms with Crippen molar-refractivity contribution in [2.24, 2.45) is 0 Å². The summed E-state index contributed by atoms with van der Waals surface area (Å²) >= 11 is 11.1. The number of benzene rings is 1.